The number of amides is 2. The van der Waals surface area contributed by atoms with Crippen LogP contribution in [0.1, 0.15) is 87.5 Å². The van der Waals surface area contributed by atoms with E-state index in [0.29, 0.717) is 24.0 Å². The molecule has 0 spiro atoms. The molecule has 0 atom stereocenters. The number of hydrogen-bond acceptors (Lipinski definition) is 4. The van der Waals surface area contributed by atoms with Crippen LogP contribution in [0.3, 0.4) is 0 Å². The number of hydrogen-bond donors (Lipinski definition) is 2. The predicted octanol–water partition coefficient (Wildman–Crippen LogP) is 2.88. The van der Waals surface area contributed by atoms with E-state index in [0.717, 1.165) is 11.4 Å². The Hall–Kier alpha value is -3.08. The van der Waals surface area contributed by atoms with Crippen molar-refractivity contribution < 1.29 is 9.59 Å². The maximum absolute atomic E-state index is 12.5. The molecule has 0 aliphatic rings. The van der Waals surface area contributed by atoms with Crippen molar-refractivity contribution in [3.8, 4) is 11.8 Å². The number of nitrogens with one attached hydrogen (secondary N) is 2. The monoisotopic (exact) mass is 440 g/mol. The highest BCUT2D eigenvalue weighted by molar-refractivity contribution is 5.95. The van der Waals surface area contributed by atoms with Crippen LogP contribution in [-0.2, 0) is 23.9 Å². The first-order valence-corrected chi connectivity index (χ1v) is 11.1. The Morgan fingerprint density at radius 3 is 1.41 bits per heavy atom. The van der Waals surface area contributed by atoms with Crippen LogP contribution in [0.15, 0.2) is 12.4 Å². The van der Waals surface area contributed by atoms with Crippen molar-refractivity contribution in [2.24, 2.45) is 0 Å². The lowest BCUT2D eigenvalue weighted by atomic mass is 10.1. The molecule has 2 aromatic rings. The van der Waals surface area contributed by atoms with Crippen LogP contribution in [0.25, 0.3) is 0 Å². The summed E-state index contributed by atoms with van der Waals surface area (Å²) in [5, 5.41) is 14.4. The Morgan fingerprint density at radius 1 is 0.781 bits per heavy atom. The van der Waals surface area contributed by atoms with Crippen LogP contribution < -0.4 is 10.6 Å². The van der Waals surface area contributed by atoms with E-state index in [1.807, 2.05) is 23.2 Å². The normalized spacial score (nSPS) is 11.6. The SMILES string of the molecule is CCc1c(C(=O)NCC#CCNC(=O)c2cnn(C(C)(C)C)c2CC)cnn1C(C)(C)C. The third-order valence-corrected chi connectivity index (χ3v) is 4.97. The zero-order chi connectivity index (χ0) is 24.1. The minimum absolute atomic E-state index is 0.192. The van der Waals surface area contributed by atoms with Crippen molar-refractivity contribution in [1.29, 1.82) is 0 Å². The molecule has 0 aliphatic carbocycles. The second-order valence-electron chi connectivity index (χ2n) is 9.60. The molecule has 0 aromatic carbocycles. The first-order valence-electron chi connectivity index (χ1n) is 11.1. The number of carbonyl (C=O) groups excluding carboxylic acids is 2. The summed E-state index contributed by atoms with van der Waals surface area (Å²) in [6.45, 7) is 16.7. The van der Waals surface area contributed by atoms with E-state index in [9.17, 15) is 9.59 Å². The molecule has 174 valence electrons. The van der Waals surface area contributed by atoms with E-state index < -0.39 is 0 Å². The van der Waals surface area contributed by atoms with E-state index in [4.69, 9.17) is 0 Å². The smallest absolute Gasteiger partial charge is 0.255 e. The van der Waals surface area contributed by atoms with Crippen molar-refractivity contribution in [2.45, 2.75) is 79.3 Å². The van der Waals surface area contributed by atoms with Crippen LogP contribution in [-0.4, -0.2) is 44.5 Å². The minimum Gasteiger partial charge on any atom is -0.341 e. The molecular formula is C24H36N6O2. The molecule has 8 nitrogen and oxygen atoms in total. The minimum atomic E-state index is -0.196. The van der Waals surface area contributed by atoms with Gasteiger partial charge in [0.05, 0.1) is 59.1 Å². The van der Waals surface area contributed by atoms with Crippen LogP contribution in [0.2, 0.25) is 0 Å². The Bertz CT molecular complexity index is 942. The maximum atomic E-state index is 12.5. The van der Waals surface area contributed by atoms with Gasteiger partial charge in [0.1, 0.15) is 0 Å². The molecule has 2 heterocycles. The van der Waals surface area contributed by atoms with Crippen molar-refractivity contribution in [2.75, 3.05) is 13.1 Å². The predicted molar refractivity (Wildman–Crippen MR) is 126 cm³/mol. The zero-order valence-corrected chi connectivity index (χ0v) is 20.6. The van der Waals surface area contributed by atoms with Gasteiger partial charge < -0.3 is 10.6 Å². The molecular weight excluding hydrogens is 404 g/mol. The van der Waals surface area contributed by atoms with E-state index in [1.54, 1.807) is 12.4 Å². The molecule has 0 fully saturated rings. The average molecular weight is 441 g/mol. The number of nitrogens with zero attached hydrogens (tertiary/aromatic N) is 4. The van der Waals surface area contributed by atoms with Crippen molar-refractivity contribution in [1.82, 2.24) is 30.2 Å². The Kier molecular flexibility index (Phi) is 7.89. The van der Waals surface area contributed by atoms with E-state index in [1.165, 1.54) is 0 Å². The van der Waals surface area contributed by atoms with Gasteiger partial charge in [0.2, 0.25) is 0 Å². The molecule has 0 unspecified atom stereocenters. The molecule has 2 amide bonds. The Balaban J connectivity index is 1.91. The van der Waals surface area contributed by atoms with Crippen LogP contribution in [0, 0.1) is 11.8 Å². The van der Waals surface area contributed by atoms with Crippen LogP contribution >= 0.6 is 0 Å². The second-order valence-corrected chi connectivity index (χ2v) is 9.60. The lowest BCUT2D eigenvalue weighted by molar-refractivity contribution is 0.0948. The summed E-state index contributed by atoms with van der Waals surface area (Å²) in [5.41, 5.74) is 2.56. The van der Waals surface area contributed by atoms with Gasteiger partial charge in [-0.3, -0.25) is 19.0 Å². The van der Waals surface area contributed by atoms with Gasteiger partial charge in [-0.25, -0.2) is 0 Å². The molecule has 0 aliphatic heterocycles. The number of aromatic nitrogens is 4. The summed E-state index contributed by atoms with van der Waals surface area (Å²) in [4.78, 5) is 25.1. The fourth-order valence-electron chi connectivity index (χ4n) is 3.53. The molecule has 0 saturated heterocycles. The lowest BCUT2D eigenvalue weighted by Gasteiger charge is -2.22. The number of rotatable bonds is 6. The summed E-state index contributed by atoms with van der Waals surface area (Å²) in [7, 11) is 0. The molecule has 0 radical (unpaired) electrons. The lowest BCUT2D eigenvalue weighted by Crippen LogP contribution is -2.28. The quantitative estimate of drug-likeness (QED) is 0.676. The molecule has 2 rings (SSSR count). The van der Waals surface area contributed by atoms with Gasteiger partial charge in [-0.2, -0.15) is 10.2 Å². The van der Waals surface area contributed by atoms with Gasteiger partial charge in [-0.15, -0.1) is 0 Å². The Labute approximate surface area is 191 Å². The molecule has 0 bridgehead atoms. The van der Waals surface area contributed by atoms with Crippen LogP contribution in [0.5, 0.6) is 0 Å². The highest BCUT2D eigenvalue weighted by atomic mass is 16.2. The molecule has 2 N–H and O–H groups in total. The summed E-state index contributed by atoms with van der Waals surface area (Å²) in [6.07, 6.45) is 4.64. The third kappa shape index (κ3) is 5.78. The largest absolute Gasteiger partial charge is 0.341 e. The highest BCUT2D eigenvalue weighted by Gasteiger charge is 2.23. The van der Waals surface area contributed by atoms with Crippen molar-refractivity contribution >= 4 is 11.8 Å². The first-order chi connectivity index (χ1) is 14.9. The zero-order valence-electron chi connectivity index (χ0n) is 20.6. The molecule has 2 aromatic heterocycles. The van der Waals surface area contributed by atoms with Crippen LogP contribution in [0.4, 0.5) is 0 Å². The van der Waals surface area contributed by atoms with E-state index in [-0.39, 0.29) is 36.0 Å². The molecule has 32 heavy (non-hydrogen) atoms. The fourth-order valence-corrected chi connectivity index (χ4v) is 3.53. The summed E-state index contributed by atoms with van der Waals surface area (Å²) in [5.74, 6) is 5.37. The standard InChI is InChI=1S/C24H36N6O2/c1-9-19-17(15-27-29(19)23(3,4)5)21(31)25-13-11-12-14-26-22(32)18-16-28-30(20(18)10-2)24(6,7)8/h15-16H,9-10,13-14H2,1-8H3,(H,25,31)(H,26,32). The van der Waals surface area contributed by atoms with Crippen molar-refractivity contribution in [3.63, 3.8) is 0 Å². The topological polar surface area (TPSA) is 93.8 Å². The average Bonchev–Trinajstić information content (AvgIpc) is 3.33. The summed E-state index contributed by atoms with van der Waals surface area (Å²) < 4.78 is 3.77. The highest BCUT2D eigenvalue weighted by Crippen LogP contribution is 2.20. The summed E-state index contributed by atoms with van der Waals surface area (Å²) in [6, 6.07) is 0. The van der Waals surface area contributed by atoms with Crippen molar-refractivity contribution in [3.05, 3.63) is 34.9 Å². The first kappa shape index (κ1) is 25.2. The van der Waals surface area contributed by atoms with Gasteiger partial charge in [0.25, 0.3) is 11.8 Å². The molecule has 0 saturated carbocycles. The van der Waals surface area contributed by atoms with Gasteiger partial charge >= 0.3 is 0 Å². The van der Waals surface area contributed by atoms with Gasteiger partial charge in [0, 0.05) is 0 Å². The van der Waals surface area contributed by atoms with Gasteiger partial charge in [-0.1, -0.05) is 25.7 Å². The number of carbonyl (C=O) groups is 2. The molecule has 8 heteroatoms. The van der Waals surface area contributed by atoms with E-state index in [2.05, 4.69) is 74.2 Å². The third-order valence-electron chi connectivity index (χ3n) is 4.97. The van der Waals surface area contributed by atoms with E-state index >= 15 is 0 Å². The van der Waals surface area contributed by atoms with Gasteiger partial charge in [0.15, 0.2) is 0 Å². The maximum Gasteiger partial charge on any atom is 0.255 e. The second kappa shape index (κ2) is 10.0. The summed E-state index contributed by atoms with van der Waals surface area (Å²) >= 11 is 0. The fraction of sp³-hybridized carbons (Fsp3) is 0.583. The Morgan fingerprint density at radius 2 is 1.12 bits per heavy atom. The van der Waals surface area contributed by atoms with Gasteiger partial charge in [-0.05, 0) is 54.4 Å².